The minimum absolute atomic E-state index is 0.218. The van der Waals surface area contributed by atoms with Crippen LogP contribution in [-0.2, 0) is 0 Å². The molecule has 1 aliphatic rings. The number of hydrogen-bond donors (Lipinski definition) is 1. The van der Waals surface area contributed by atoms with Gasteiger partial charge in [-0.05, 0) is 18.1 Å². The van der Waals surface area contributed by atoms with Crippen molar-refractivity contribution in [3.63, 3.8) is 0 Å². The highest BCUT2D eigenvalue weighted by Crippen LogP contribution is 2.24. The molecule has 1 aromatic carbocycles. The highest BCUT2D eigenvalue weighted by atomic mass is 19.1. The Labute approximate surface area is 118 Å². The van der Waals surface area contributed by atoms with Gasteiger partial charge in [-0.2, -0.15) is 0 Å². The fraction of sp³-hybridized carbons (Fsp3) is 0.533. The van der Waals surface area contributed by atoms with Crippen molar-refractivity contribution < 1.29 is 14.3 Å². The van der Waals surface area contributed by atoms with Gasteiger partial charge in [-0.3, -0.25) is 4.90 Å². The number of carboxylic acids is 1. The van der Waals surface area contributed by atoms with Crippen LogP contribution in [0.4, 0.5) is 10.1 Å². The molecule has 1 N–H and O–H groups in total. The molecule has 4 nitrogen and oxygen atoms in total. The van der Waals surface area contributed by atoms with E-state index in [1.165, 1.54) is 6.07 Å². The molecule has 1 fully saturated rings. The van der Waals surface area contributed by atoms with Gasteiger partial charge < -0.3 is 10.0 Å². The van der Waals surface area contributed by atoms with Crippen molar-refractivity contribution in [2.45, 2.75) is 13.8 Å². The van der Waals surface area contributed by atoms with E-state index < -0.39 is 11.8 Å². The Morgan fingerprint density at radius 2 is 1.95 bits per heavy atom. The normalized spacial score (nSPS) is 16.7. The number of halogens is 1. The maximum Gasteiger partial charge on any atom is 0.340 e. The molecule has 1 saturated heterocycles. The zero-order valence-corrected chi connectivity index (χ0v) is 12.0. The van der Waals surface area contributed by atoms with Crippen LogP contribution < -0.4 is 4.90 Å². The summed E-state index contributed by atoms with van der Waals surface area (Å²) in [6.07, 6.45) is 0. The summed E-state index contributed by atoms with van der Waals surface area (Å²) < 4.78 is 13.7. The molecule has 0 radical (unpaired) electrons. The van der Waals surface area contributed by atoms with E-state index in [2.05, 4.69) is 18.7 Å². The minimum Gasteiger partial charge on any atom is -0.478 e. The Bertz CT molecular complexity index is 483. The fourth-order valence-corrected chi connectivity index (χ4v) is 2.68. The first-order valence-electron chi connectivity index (χ1n) is 6.98. The van der Waals surface area contributed by atoms with E-state index in [9.17, 15) is 14.3 Å². The van der Waals surface area contributed by atoms with Crippen LogP contribution in [0, 0.1) is 11.7 Å². The molecule has 0 amide bonds. The third-order valence-electron chi connectivity index (χ3n) is 3.54. The molecule has 0 aromatic heterocycles. The van der Waals surface area contributed by atoms with E-state index in [-0.39, 0.29) is 5.56 Å². The number of carbonyl (C=O) groups is 1. The molecule has 0 atom stereocenters. The molecule has 1 aliphatic heterocycles. The first-order valence-corrected chi connectivity index (χ1v) is 6.98. The van der Waals surface area contributed by atoms with Gasteiger partial charge in [0.1, 0.15) is 11.4 Å². The predicted molar refractivity (Wildman–Crippen MR) is 76.9 cm³/mol. The van der Waals surface area contributed by atoms with Gasteiger partial charge in [0.2, 0.25) is 0 Å². The summed E-state index contributed by atoms with van der Waals surface area (Å²) in [5.41, 5.74) is 0.270. The summed E-state index contributed by atoms with van der Waals surface area (Å²) in [5.74, 6) is -1.26. The monoisotopic (exact) mass is 280 g/mol. The average molecular weight is 280 g/mol. The van der Waals surface area contributed by atoms with Gasteiger partial charge in [0.15, 0.2) is 0 Å². The summed E-state index contributed by atoms with van der Waals surface area (Å²) in [4.78, 5) is 15.5. The lowest BCUT2D eigenvalue weighted by molar-refractivity contribution is 0.0692. The van der Waals surface area contributed by atoms with Crippen LogP contribution in [-0.4, -0.2) is 48.7 Å². The van der Waals surface area contributed by atoms with Crippen molar-refractivity contribution in [2.24, 2.45) is 5.92 Å². The standard InChI is InChI=1S/C15H21FN2O2/c1-11(2)10-17-6-8-18(9-7-17)13-5-3-4-12(16)14(13)15(19)20/h3-5,11H,6-10H2,1-2H3,(H,19,20). The second-order valence-electron chi connectivity index (χ2n) is 5.62. The SMILES string of the molecule is CC(C)CN1CCN(c2cccc(F)c2C(=O)O)CC1. The molecule has 0 spiro atoms. The van der Waals surface area contributed by atoms with Crippen LogP contribution in [0.1, 0.15) is 24.2 Å². The quantitative estimate of drug-likeness (QED) is 0.919. The van der Waals surface area contributed by atoms with Gasteiger partial charge in [-0.25, -0.2) is 9.18 Å². The molecule has 1 heterocycles. The van der Waals surface area contributed by atoms with Crippen molar-refractivity contribution in [1.82, 2.24) is 4.90 Å². The molecule has 0 bridgehead atoms. The number of carboxylic acid groups (broad SMARTS) is 1. The number of hydrogen-bond acceptors (Lipinski definition) is 3. The minimum atomic E-state index is -1.21. The van der Waals surface area contributed by atoms with Gasteiger partial charge >= 0.3 is 5.97 Å². The van der Waals surface area contributed by atoms with Crippen LogP contribution in [0.25, 0.3) is 0 Å². The van der Waals surface area contributed by atoms with Gasteiger partial charge in [0.25, 0.3) is 0 Å². The summed E-state index contributed by atoms with van der Waals surface area (Å²) in [6, 6.07) is 4.45. The first-order chi connectivity index (χ1) is 9.49. The Morgan fingerprint density at radius 3 is 2.50 bits per heavy atom. The van der Waals surface area contributed by atoms with E-state index in [0.717, 1.165) is 32.7 Å². The number of piperazine rings is 1. The summed E-state index contributed by atoms with van der Waals surface area (Å²) in [6.45, 7) is 8.64. The topological polar surface area (TPSA) is 43.8 Å². The third kappa shape index (κ3) is 3.28. The summed E-state index contributed by atoms with van der Waals surface area (Å²) >= 11 is 0. The highest BCUT2D eigenvalue weighted by Gasteiger charge is 2.23. The molecular weight excluding hydrogens is 259 g/mol. The molecular formula is C15H21FN2O2. The van der Waals surface area contributed by atoms with Crippen LogP contribution in [0.2, 0.25) is 0 Å². The number of anilines is 1. The Hall–Kier alpha value is -1.62. The molecule has 1 aromatic rings. The van der Waals surface area contributed by atoms with Gasteiger partial charge in [-0.1, -0.05) is 19.9 Å². The molecule has 0 saturated carbocycles. The molecule has 2 rings (SSSR count). The van der Waals surface area contributed by atoms with Gasteiger partial charge in [-0.15, -0.1) is 0 Å². The highest BCUT2D eigenvalue weighted by molar-refractivity contribution is 5.94. The van der Waals surface area contributed by atoms with Crippen LogP contribution in [0.5, 0.6) is 0 Å². The molecule has 20 heavy (non-hydrogen) atoms. The maximum absolute atomic E-state index is 13.7. The first kappa shape index (κ1) is 14.8. The predicted octanol–water partition coefficient (Wildman–Crippen LogP) is 2.30. The van der Waals surface area contributed by atoms with E-state index in [1.807, 2.05) is 4.90 Å². The van der Waals surface area contributed by atoms with Crippen molar-refractivity contribution in [1.29, 1.82) is 0 Å². The second kappa shape index (κ2) is 6.22. The number of benzene rings is 1. The van der Waals surface area contributed by atoms with Crippen molar-refractivity contribution in [3.05, 3.63) is 29.6 Å². The van der Waals surface area contributed by atoms with Crippen LogP contribution >= 0.6 is 0 Å². The smallest absolute Gasteiger partial charge is 0.340 e. The molecule has 0 unspecified atom stereocenters. The zero-order chi connectivity index (χ0) is 14.7. The van der Waals surface area contributed by atoms with Crippen molar-refractivity contribution >= 4 is 11.7 Å². The lowest BCUT2D eigenvalue weighted by Crippen LogP contribution is -2.47. The van der Waals surface area contributed by atoms with Crippen LogP contribution in [0.3, 0.4) is 0 Å². The number of aromatic carboxylic acids is 1. The number of rotatable bonds is 4. The molecule has 110 valence electrons. The summed E-state index contributed by atoms with van der Waals surface area (Å²) in [5, 5.41) is 9.17. The third-order valence-corrected chi connectivity index (χ3v) is 3.54. The van der Waals surface area contributed by atoms with E-state index in [0.29, 0.717) is 11.6 Å². The Morgan fingerprint density at radius 1 is 1.30 bits per heavy atom. The van der Waals surface area contributed by atoms with Crippen molar-refractivity contribution in [2.75, 3.05) is 37.6 Å². The lowest BCUT2D eigenvalue weighted by atomic mass is 10.1. The summed E-state index contributed by atoms with van der Waals surface area (Å²) in [7, 11) is 0. The maximum atomic E-state index is 13.7. The number of nitrogens with zero attached hydrogens (tertiary/aromatic N) is 2. The van der Waals surface area contributed by atoms with E-state index >= 15 is 0 Å². The molecule has 0 aliphatic carbocycles. The van der Waals surface area contributed by atoms with Crippen molar-refractivity contribution in [3.8, 4) is 0 Å². The van der Waals surface area contributed by atoms with E-state index in [4.69, 9.17) is 0 Å². The Balaban J connectivity index is 2.11. The van der Waals surface area contributed by atoms with Crippen LogP contribution in [0.15, 0.2) is 18.2 Å². The van der Waals surface area contributed by atoms with Gasteiger partial charge in [0.05, 0.1) is 5.69 Å². The largest absolute Gasteiger partial charge is 0.478 e. The molecule has 5 heteroatoms. The Kier molecular flexibility index (Phi) is 4.60. The lowest BCUT2D eigenvalue weighted by Gasteiger charge is -2.37. The fourth-order valence-electron chi connectivity index (χ4n) is 2.68. The van der Waals surface area contributed by atoms with Gasteiger partial charge in [0, 0.05) is 32.7 Å². The second-order valence-corrected chi connectivity index (χ2v) is 5.62. The van der Waals surface area contributed by atoms with E-state index in [1.54, 1.807) is 12.1 Å². The average Bonchev–Trinajstić information content (AvgIpc) is 2.38. The zero-order valence-electron chi connectivity index (χ0n) is 12.0.